The van der Waals surface area contributed by atoms with Crippen molar-refractivity contribution >= 4 is 17.5 Å². The van der Waals surface area contributed by atoms with Gasteiger partial charge in [0.1, 0.15) is 5.82 Å². The van der Waals surface area contributed by atoms with Crippen molar-refractivity contribution in [2.75, 3.05) is 4.90 Å². The van der Waals surface area contributed by atoms with Crippen LogP contribution in [-0.2, 0) is 9.59 Å². The topological polar surface area (TPSA) is 37.4 Å². The molecule has 1 saturated heterocycles. The van der Waals surface area contributed by atoms with Crippen LogP contribution in [0.1, 0.15) is 38.5 Å². The van der Waals surface area contributed by atoms with Crippen LogP contribution in [0.25, 0.3) is 0 Å². The highest BCUT2D eigenvalue weighted by Crippen LogP contribution is 2.57. The Morgan fingerprint density at radius 1 is 0.875 bits per heavy atom. The first-order valence-electron chi connectivity index (χ1n) is 9.02. The number of hydrogen-bond acceptors (Lipinski definition) is 2. The first-order valence-corrected chi connectivity index (χ1v) is 9.02. The zero-order valence-electron chi connectivity index (χ0n) is 13.5. The van der Waals surface area contributed by atoms with Gasteiger partial charge in [-0.3, -0.25) is 9.59 Å². The molecule has 2 amide bonds. The number of allylic oxidation sites excluding steroid dienone is 2. The standard InChI is InChI=1S/C20H20FNO2/c21-15-9-1-2-10-16(15)22-19(23)17-13-7-3-5-11(13)12-6-4-8-14(12)18(17)20(22)24/h1-2,9-10,13-14,17-18H,3-8H2. The molecule has 124 valence electrons. The molecule has 0 bridgehead atoms. The number of benzene rings is 1. The average Bonchev–Trinajstić information content (AvgIpc) is 3.26. The third-order valence-electron chi connectivity index (χ3n) is 6.59. The van der Waals surface area contributed by atoms with Gasteiger partial charge >= 0.3 is 0 Å². The third kappa shape index (κ3) is 1.72. The van der Waals surface area contributed by atoms with E-state index in [0.29, 0.717) is 0 Å². The van der Waals surface area contributed by atoms with Crippen molar-refractivity contribution in [3.8, 4) is 0 Å². The second-order valence-electron chi connectivity index (χ2n) is 7.56. The molecule has 4 atom stereocenters. The van der Waals surface area contributed by atoms with Gasteiger partial charge < -0.3 is 0 Å². The molecule has 4 unspecified atom stereocenters. The molecule has 3 nitrogen and oxygen atoms in total. The van der Waals surface area contributed by atoms with Gasteiger partial charge in [-0.05, 0) is 62.5 Å². The highest BCUT2D eigenvalue weighted by atomic mass is 19.1. The second kappa shape index (κ2) is 5.01. The molecule has 1 aromatic carbocycles. The fourth-order valence-electron chi connectivity index (χ4n) is 5.76. The van der Waals surface area contributed by atoms with Gasteiger partial charge in [0, 0.05) is 0 Å². The van der Waals surface area contributed by atoms with E-state index in [2.05, 4.69) is 0 Å². The second-order valence-corrected chi connectivity index (χ2v) is 7.56. The van der Waals surface area contributed by atoms with E-state index in [4.69, 9.17) is 0 Å². The summed E-state index contributed by atoms with van der Waals surface area (Å²) in [6.45, 7) is 0. The van der Waals surface area contributed by atoms with E-state index >= 15 is 0 Å². The summed E-state index contributed by atoms with van der Waals surface area (Å²) in [6.07, 6.45) is 6.39. The van der Waals surface area contributed by atoms with Gasteiger partial charge in [-0.15, -0.1) is 0 Å². The molecule has 0 N–H and O–H groups in total. The molecular formula is C20H20FNO2. The van der Waals surface area contributed by atoms with Crippen molar-refractivity contribution in [1.29, 1.82) is 0 Å². The first kappa shape index (κ1) is 14.4. The number of imide groups is 1. The van der Waals surface area contributed by atoms with Crippen LogP contribution < -0.4 is 4.90 Å². The predicted molar refractivity (Wildman–Crippen MR) is 87.6 cm³/mol. The van der Waals surface area contributed by atoms with E-state index < -0.39 is 5.82 Å². The van der Waals surface area contributed by atoms with Crippen molar-refractivity contribution in [2.45, 2.75) is 38.5 Å². The maximum absolute atomic E-state index is 14.2. The Balaban J connectivity index is 1.63. The Bertz CT molecular complexity index is 742. The summed E-state index contributed by atoms with van der Waals surface area (Å²) in [7, 11) is 0. The van der Waals surface area contributed by atoms with Gasteiger partial charge in [-0.25, -0.2) is 9.29 Å². The van der Waals surface area contributed by atoms with E-state index in [1.54, 1.807) is 18.2 Å². The molecule has 4 heteroatoms. The number of rotatable bonds is 1. The van der Waals surface area contributed by atoms with E-state index in [0.717, 1.165) is 43.4 Å². The number of fused-ring (bicyclic) bond motifs is 5. The van der Waals surface area contributed by atoms with Gasteiger partial charge in [-0.1, -0.05) is 23.3 Å². The minimum atomic E-state index is -0.496. The molecule has 0 radical (unpaired) electrons. The van der Waals surface area contributed by atoms with Crippen molar-refractivity contribution < 1.29 is 14.0 Å². The van der Waals surface area contributed by atoms with Gasteiger partial charge in [0.25, 0.3) is 0 Å². The number of nitrogens with zero attached hydrogens (tertiary/aromatic N) is 1. The molecule has 3 aliphatic carbocycles. The number of para-hydroxylation sites is 1. The Morgan fingerprint density at radius 3 is 1.96 bits per heavy atom. The molecule has 4 aliphatic rings. The molecule has 1 heterocycles. The van der Waals surface area contributed by atoms with Gasteiger partial charge in [-0.2, -0.15) is 0 Å². The van der Waals surface area contributed by atoms with Gasteiger partial charge in [0.05, 0.1) is 17.5 Å². The summed E-state index contributed by atoms with van der Waals surface area (Å²) in [5.74, 6) is -0.942. The van der Waals surface area contributed by atoms with Crippen LogP contribution in [0.5, 0.6) is 0 Å². The van der Waals surface area contributed by atoms with E-state index in [1.165, 1.54) is 17.2 Å². The molecule has 1 aromatic rings. The van der Waals surface area contributed by atoms with E-state index in [-0.39, 0.29) is 41.2 Å². The van der Waals surface area contributed by atoms with Crippen molar-refractivity contribution in [3.05, 3.63) is 41.2 Å². The quantitative estimate of drug-likeness (QED) is 0.581. The number of carbonyl (C=O) groups is 2. The molecule has 1 aliphatic heterocycles. The largest absolute Gasteiger partial charge is 0.274 e. The summed E-state index contributed by atoms with van der Waals surface area (Å²) in [5, 5.41) is 0. The molecule has 2 saturated carbocycles. The van der Waals surface area contributed by atoms with Crippen LogP contribution in [0.2, 0.25) is 0 Å². The summed E-state index contributed by atoms with van der Waals surface area (Å²) in [6, 6.07) is 6.13. The van der Waals surface area contributed by atoms with Crippen LogP contribution >= 0.6 is 0 Å². The zero-order valence-corrected chi connectivity index (χ0v) is 13.5. The zero-order chi connectivity index (χ0) is 16.4. The molecule has 3 fully saturated rings. The maximum atomic E-state index is 14.2. The summed E-state index contributed by atoms with van der Waals surface area (Å²) in [5.41, 5.74) is 3.06. The third-order valence-corrected chi connectivity index (χ3v) is 6.59. The summed E-state index contributed by atoms with van der Waals surface area (Å²) < 4.78 is 14.2. The summed E-state index contributed by atoms with van der Waals surface area (Å²) >= 11 is 0. The minimum Gasteiger partial charge on any atom is -0.274 e. The van der Waals surface area contributed by atoms with Gasteiger partial charge in [0.15, 0.2) is 0 Å². The van der Waals surface area contributed by atoms with E-state index in [9.17, 15) is 14.0 Å². The van der Waals surface area contributed by atoms with Crippen LogP contribution in [-0.4, -0.2) is 11.8 Å². The Hall–Kier alpha value is -1.97. The van der Waals surface area contributed by atoms with Crippen molar-refractivity contribution in [2.24, 2.45) is 23.7 Å². The first-order chi connectivity index (χ1) is 11.7. The van der Waals surface area contributed by atoms with Crippen LogP contribution in [0.3, 0.4) is 0 Å². The Kier molecular flexibility index (Phi) is 3.00. The summed E-state index contributed by atoms with van der Waals surface area (Å²) in [4.78, 5) is 27.5. The molecule has 24 heavy (non-hydrogen) atoms. The highest BCUT2D eigenvalue weighted by molar-refractivity contribution is 6.22. The fourth-order valence-corrected chi connectivity index (χ4v) is 5.76. The SMILES string of the molecule is O=C1C2C3CCCC3=C3CCCC3C2C(=O)N1c1ccccc1F. The lowest BCUT2D eigenvalue weighted by Crippen LogP contribution is -2.35. The normalized spacial score (nSPS) is 34.6. The highest BCUT2D eigenvalue weighted by Gasteiger charge is 2.59. The number of hydrogen-bond donors (Lipinski definition) is 0. The van der Waals surface area contributed by atoms with Gasteiger partial charge in [0.2, 0.25) is 11.8 Å². The van der Waals surface area contributed by atoms with Crippen molar-refractivity contribution in [3.63, 3.8) is 0 Å². The predicted octanol–water partition coefficient (Wildman–Crippen LogP) is 3.84. The maximum Gasteiger partial charge on any atom is 0.238 e. The van der Waals surface area contributed by atoms with Crippen LogP contribution in [0.4, 0.5) is 10.1 Å². The smallest absolute Gasteiger partial charge is 0.238 e. The van der Waals surface area contributed by atoms with E-state index in [1.807, 2.05) is 0 Å². The lowest BCUT2D eigenvalue weighted by molar-refractivity contribution is -0.122. The average molecular weight is 325 g/mol. The monoisotopic (exact) mass is 325 g/mol. The van der Waals surface area contributed by atoms with Crippen LogP contribution in [0.15, 0.2) is 35.4 Å². The Morgan fingerprint density at radius 2 is 1.42 bits per heavy atom. The fraction of sp³-hybridized carbons (Fsp3) is 0.500. The Labute approximate surface area is 140 Å². The van der Waals surface area contributed by atoms with Crippen molar-refractivity contribution in [1.82, 2.24) is 0 Å². The number of halogens is 1. The number of anilines is 1. The molecular weight excluding hydrogens is 305 g/mol. The lowest BCUT2D eigenvalue weighted by Gasteiger charge is -2.34. The minimum absolute atomic E-state index is 0.126. The molecule has 0 spiro atoms. The molecule has 0 aromatic heterocycles. The number of amides is 2. The number of carbonyl (C=O) groups excluding carboxylic acids is 2. The lowest BCUT2D eigenvalue weighted by atomic mass is 9.66. The van der Waals surface area contributed by atoms with Crippen LogP contribution in [0, 0.1) is 29.5 Å². The molecule has 5 rings (SSSR count).